The van der Waals surface area contributed by atoms with Crippen LogP contribution in [0.1, 0.15) is 0 Å². The van der Waals surface area contributed by atoms with Crippen LogP contribution in [0.25, 0.3) is 22.3 Å². The minimum atomic E-state index is -2.39. The highest BCUT2D eigenvalue weighted by molar-refractivity contribution is 6.18. The van der Waals surface area contributed by atoms with Gasteiger partial charge in [0, 0.05) is 5.56 Å². The van der Waals surface area contributed by atoms with Gasteiger partial charge in [0.05, 0.1) is 0 Å². The molecule has 0 aliphatic heterocycles. The molecule has 3 nitrogen and oxygen atoms in total. The molecular weight excluding hydrogens is 220 g/mol. The van der Waals surface area contributed by atoms with E-state index in [4.69, 9.17) is 8.19 Å². The van der Waals surface area contributed by atoms with E-state index in [9.17, 15) is 4.46 Å². The molecular formula is C12H8O3Si. The van der Waals surface area contributed by atoms with Crippen LogP contribution in [0.2, 0.25) is 0 Å². The zero-order valence-corrected chi connectivity index (χ0v) is 9.34. The highest BCUT2D eigenvalue weighted by Gasteiger charge is 2.10. The fraction of sp³-hybridized carbons (Fsp3) is 0. The molecule has 0 N–H and O–H groups in total. The Morgan fingerprint density at radius 2 is 1.69 bits per heavy atom. The molecule has 4 heteroatoms. The predicted molar refractivity (Wildman–Crippen MR) is 60.4 cm³/mol. The third-order valence-electron chi connectivity index (χ3n) is 2.44. The van der Waals surface area contributed by atoms with Crippen LogP contribution in [0.15, 0.2) is 56.7 Å². The molecule has 0 aliphatic carbocycles. The lowest BCUT2D eigenvalue weighted by Crippen LogP contribution is -1.77. The Morgan fingerprint density at radius 1 is 0.875 bits per heavy atom. The Kier molecular flexibility index (Phi) is 2.07. The standard InChI is InChI=1S/C12H8O3Si/c13-16-14-11-8-4-7-10(12(11)15-16)9-5-2-1-3-6-9/h1-8H. The van der Waals surface area contributed by atoms with Crippen molar-refractivity contribution >= 4 is 20.0 Å². The smallest absolute Gasteiger partial charge is 0.455 e. The van der Waals surface area contributed by atoms with E-state index in [0.717, 1.165) is 11.1 Å². The zero-order chi connectivity index (χ0) is 11.0. The number of hydrogen-bond acceptors (Lipinski definition) is 3. The average Bonchev–Trinajstić information content (AvgIpc) is 2.70. The second-order valence-corrected chi connectivity index (χ2v) is 4.36. The summed E-state index contributed by atoms with van der Waals surface area (Å²) in [5.74, 6) is 0. The van der Waals surface area contributed by atoms with Crippen LogP contribution >= 0.6 is 0 Å². The number of rotatable bonds is 1. The van der Waals surface area contributed by atoms with Gasteiger partial charge in [-0.3, -0.25) is 4.46 Å². The molecule has 0 aliphatic rings. The van der Waals surface area contributed by atoms with E-state index in [-0.39, 0.29) is 0 Å². The third-order valence-corrected chi connectivity index (χ3v) is 3.20. The molecule has 0 atom stereocenters. The Hall–Kier alpha value is -1.94. The highest BCUT2D eigenvalue weighted by atomic mass is 28.2. The summed E-state index contributed by atoms with van der Waals surface area (Å²) in [6.07, 6.45) is 0. The van der Waals surface area contributed by atoms with Gasteiger partial charge in [0.25, 0.3) is 0 Å². The van der Waals surface area contributed by atoms with Crippen molar-refractivity contribution in [1.82, 2.24) is 0 Å². The van der Waals surface area contributed by atoms with E-state index < -0.39 is 8.80 Å². The van der Waals surface area contributed by atoms with Crippen molar-refractivity contribution in [1.29, 1.82) is 0 Å². The summed E-state index contributed by atoms with van der Waals surface area (Å²) in [5, 5.41) is 0. The Morgan fingerprint density at radius 3 is 2.50 bits per heavy atom. The Bertz CT molecular complexity index is 682. The van der Waals surface area contributed by atoms with E-state index >= 15 is 0 Å². The molecule has 1 aromatic heterocycles. The number of benzene rings is 2. The monoisotopic (exact) mass is 228 g/mol. The number of para-hydroxylation sites is 1. The fourth-order valence-corrected chi connectivity index (χ4v) is 2.50. The lowest BCUT2D eigenvalue weighted by atomic mass is 10.1. The molecule has 0 amide bonds. The first-order chi connectivity index (χ1) is 7.84. The van der Waals surface area contributed by atoms with Gasteiger partial charge in [-0.15, -0.1) is 0 Å². The van der Waals surface area contributed by atoms with Crippen molar-refractivity contribution in [3.63, 3.8) is 0 Å². The minimum Gasteiger partial charge on any atom is -0.455 e. The summed E-state index contributed by atoms with van der Waals surface area (Å²) >= 11 is 0. The summed E-state index contributed by atoms with van der Waals surface area (Å²) in [7, 11) is -2.39. The van der Waals surface area contributed by atoms with Crippen LogP contribution in [0.3, 0.4) is 0 Å². The van der Waals surface area contributed by atoms with E-state index in [1.165, 1.54) is 0 Å². The van der Waals surface area contributed by atoms with Gasteiger partial charge >= 0.3 is 8.80 Å². The lowest BCUT2D eigenvalue weighted by Gasteiger charge is -2.00. The lowest BCUT2D eigenvalue weighted by molar-refractivity contribution is 0.476. The summed E-state index contributed by atoms with van der Waals surface area (Å²) in [4.78, 5) is 0. The van der Waals surface area contributed by atoms with Crippen LogP contribution in [-0.4, -0.2) is 8.80 Å². The summed E-state index contributed by atoms with van der Waals surface area (Å²) in [5.41, 5.74) is 3.08. The molecule has 0 radical (unpaired) electrons. The molecule has 0 bridgehead atoms. The normalized spacial score (nSPS) is 10.8. The second kappa shape index (κ2) is 3.57. The highest BCUT2D eigenvalue weighted by Crippen LogP contribution is 2.28. The van der Waals surface area contributed by atoms with Gasteiger partial charge in [-0.05, 0) is 11.6 Å². The Labute approximate surface area is 92.8 Å². The molecule has 0 saturated heterocycles. The van der Waals surface area contributed by atoms with Crippen molar-refractivity contribution in [3.05, 3.63) is 48.5 Å². The minimum absolute atomic E-state index is 0.560. The Balaban J connectivity index is 2.36. The van der Waals surface area contributed by atoms with E-state index in [2.05, 4.69) is 0 Å². The molecule has 1 heterocycles. The van der Waals surface area contributed by atoms with Gasteiger partial charge in [-0.1, -0.05) is 42.5 Å². The predicted octanol–water partition coefficient (Wildman–Crippen LogP) is 3.19. The van der Waals surface area contributed by atoms with E-state index in [1.807, 2.05) is 42.5 Å². The first kappa shape index (κ1) is 9.29. The molecule has 78 valence electrons. The van der Waals surface area contributed by atoms with Crippen LogP contribution in [-0.2, 0) is 4.46 Å². The van der Waals surface area contributed by atoms with Gasteiger partial charge in [0.2, 0.25) is 0 Å². The van der Waals surface area contributed by atoms with E-state index in [1.54, 1.807) is 6.07 Å². The maximum atomic E-state index is 11.2. The van der Waals surface area contributed by atoms with Crippen LogP contribution < -0.4 is 0 Å². The molecule has 2 aromatic carbocycles. The zero-order valence-electron chi connectivity index (χ0n) is 8.34. The van der Waals surface area contributed by atoms with Gasteiger partial charge in [0.15, 0.2) is 11.2 Å². The third kappa shape index (κ3) is 1.43. The molecule has 16 heavy (non-hydrogen) atoms. The number of fused-ring (bicyclic) bond motifs is 1. The SMILES string of the molecule is O=[si]1oc2cccc(-c3ccccc3)c2o1. The van der Waals surface area contributed by atoms with Crippen molar-refractivity contribution in [3.8, 4) is 11.1 Å². The summed E-state index contributed by atoms with van der Waals surface area (Å²) < 4.78 is 21.5. The van der Waals surface area contributed by atoms with Gasteiger partial charge in [-0.25, -0.2) is 0 Å². The topological polar surface area (TPSA) is 43.4 Å². The quantitative estimate of drug-likeness (QED) is 0.601. The maximum absolute atomic E-state index is 11.2. The maximum Gasteiger partial charge on any atom is 0.778 e. The van der Waals surface area contributed by atoms with Crippen LogP contribution in [0, 0.1) is 0 Å². The molecule has 0 fully saturated rings. The van der Waals surface area contributed by atoms with Crippen molar-refractivity contribution in [2.45, 2.75) is 0 Å². The number of hydrogen-bond donors (Lipinski definition) is 0. The summed E-state index contributed by atoms with van der Waals surface area (Å²) in [6, 6.07) is 15.4. The molecule has 0 unspecified atom stereocenters. The molecule has 0 spiro atoms. The van der Waals surface area contributed by atoms with Crippen molar-refractivity contribution < 1.29 is 12.7 Å². The molecule has 0 saturated carbocycles. The average molecular weight is 228 g/mol. The first-order valence-electron chi connectivity index (χ1n) is 4.93. The van der Waals surface area contributed by atoms with E-state index in [0.29, 0.717) is 11.2 Å². The molecule has 3 aromatic rings. The van der Waals surface area contributed by atoms with Crippen molar-refractivity contribution in [2.75, 3.05) is 0 Å². The van der Waals surface area contributed by atoms with Gasteiger partial charge in [-0.2, -0.15) is 0 Å². The van der Waals surface area contributed by atoms with Crippen LogP contribution in [0.4, 0.5) is 0 Å². The van der Waals surface area contributed by atoms with Crippen molar-refractivity contribution in [2.24, 2.45) is 0 Å². The first-order valence-corrected chi connectivity index (χ1v) is 6.15. The largest absolute Gasteiger partial charge is 0.778 e. The second-order valence-electron chi connectivity index (χ2n) is 3.45. The molecule has 3 rings (SSSR count). The van der Waals surface area contributed by atoms with Gasteiger partial charge < -0.3 is 8.19 Å². The fourth-order valence-electron chi connectivity index (χ4n) is 1.74. The summed E-state index contributed by atoms with van der Waals surface area (Å²) in [6.45, 7) is 0. The van der Waals surface area contributed by atoms with Crippen LogP contribution in [0.5, 0.6) is 0 Å². The van der Waals surface area contributed by atoms with Gasteiger partial charge in [0.1, 0.15) is 0 Å².